The Morgan fingerprint density at radius 2 is 1.67 bits per heavy atom. The molecule has 1 atom stereocenters. The number of nitriles is 1. The Bertz CT molecular complexity index is 1640. The Morgan fingerprint density at radius 3 is 2.28 bits per heavy atom. The maximum Gasteiger partial charge on any atom is 0.250 e. The van der Waals surface area contributed by atoms with Crippen LogP contribution in [-0.4, -0.2) is 30.0 Å². The molecule has 0 fully saturated rings. The van der Waals surface area contributed by atoms with Gasteiger partial charge in [0.1, 0.15) is 11.5 Å². The normalized spacial score (nSPS) is 11.9. The molecule has 1 unspecified atom stereocenters. The van der Waals surface area contributed by atoms with Crippen LogP contribution in [0, 0.1) is 25.2 Å². The van der Waals surface area contributed by atoms with Gasteiger partial charge >= 0.3 is 0 Å². The number of carbonyl (C=O) groups is 1. The van der Waals surface area contributed by atoms with E-state index >= 15 is 0 Å². The molecule has 1 N–H and O–H groups in total. The van der Waals surface area contributed by atoms with E-state index in [0.29, 0.717) is 16.3 Å². The first kappa shape index (κ1) is 27.8. The SMILES string of the molecule is Cc1cc(-c2ccc(C#N)cc2)cc(C)c1Oc1ccnc(S(=O)(=O)CC(=O)NC(C)c2ccc(Cl)cc2)n1. The number of hydrogen-bond acceptors (Lipinski definition) is 7. The molecule has 0 saturated heterocycles. The number of aryl methyl sites for hydroxylation is 2. The van der Waals surface area contributed by atoms with E-state index < -0.39 is 32.7 Å². The van der Waals surface area contributed by atoms with Gasteiger partial charge in [-0.3, -0.25) is 4.79 Å². The van der Waals surface area contributed by atoms with Gasteiger partial charge in [0, 0.05) is 17.3 Å². The smallest absolute Gasteiger partial charge is 0.250 e. The highest BCUT2D eigenvalue weighted by molar-refractivity contribution is 7.91. The molecule has 4 rings (SSSR count). The molecular formula is C29H25ClN4O4S. The summed E-state index contributed by atoms with van der Waals surface area (Å²) in [6.07, 6.45) is 1.28. The number of nitrogens with one attached hydrogen (secondary N) is 1. The van der Waals surface area contributed by atoms with Crippen molar-refractivity contribution in [1.29, 1.82) is 5.26 Å². The fourth-order valence-electron chi connectivity index (χ4n) is 4.01. The Morgan fingerprint density at radius 1 is 1.03 bits per heavy atom. The quantitative estimate of drug-likeness (QED) is 0.273. The van der Waals surface area contributed by atoms with Crippen LogP contribution >= 0.6 is 11.6 Å². The van der Waals surface area contributed by atoms with Crippen LogP contribution in [0.4, 0.5) is 0 Å². The third-order valence-corrected chi connectivity index (χ3v) is 7.62. The van der Waals surface area contributed by atoms with Gasteiger partial charge in [-0.1, -0.05) is 35.9 Å². The van der Waals surface area contributed by atoms with E-state index in [1.54, 1.807) is 43.3 Å². The van der Waals surface area contributed by atoms with Crippen LogP contribution in [0.3, 0.4) is 0 Å². The lowest BCUT2D eigenvalue weighted by Crippen LogP contribution is -2.32. The summed E-state index contributed by atoms with van der Waals surface area (Å²) in [7, 11) is -4.14. The minimum atomic E-state index is -4.14. The molecule has 0 spiro atoms. The van der Waals surface area contributed by atoms with Crippen molar-refractivity contribution in [1.82, 2.24) is 15.3 Å². The van der Waals surface area contributed by atoms with Gasteiger partial charge in [-0.25, -0.2) is 13.4 Å². The molecule has 8 nitrogen and oxygen atoms in total. The molecule has 0 aliphatic carbocycles. The number of nitrogens with zero attached hydrogens (tertiary/aromatic N) is 3. The van der Waals surface area contributed by atoms with Crippen LogP contribution in [0.2, 0.25) is 5.02 Å². The number of hydrogen-bond donors (Lipinski definition) is 1. The number of rotatable bonds is 8. The van der Waals surface area contributed by atoms with Crippen molar-refractivity contribution in [3.05, 3.63) is 100 Å². The van der Waals surface area contributed by atoms with Gasteiger partial charge in [0.25, 0.3) is 5.16 Å². The van der Waals surface area contributed by atoms with Gasteiger partial charge in [0.15, 0.2) is 0 Å². The Hall–Kier alpha value is -4.26. The second-order valence-corrected chi connectivity index (χ2v) is 11.3. The first-order valence-corrected chi connectivity index (χ1v) is 14.0. The molecule has 198 valence electrons. The van der Waals surface area contributed by atoms with E-state index in [1.807, 2.05) is 38.1 Å². The van der Waals surface area contributed by atoms with Crippen molar-refractivity contribution in [2.45, 2.75) is 32.0 Å². The number of ether oxygens (including phenoxy) is 1. The fraction of sp³-hybridized carbons (Fsp3) is 0.172. The van der Waals surface area contributed by atoms with E-state index in [-0.39, 0.29) is 5.88 Å². The highest BCUT2D eigenvalue weighted by atomic mass is 35.5. The summed E-state index contributed by atoms with van der Waals surface area (Å²) in [5, 5.41) is 11.8. The van der Waals surface area contributed by atoms with Crippen LogP contribution in [0.25, 0.3) is 11.1 Å². The summed E-state index contributed by atoms with van der Waals surface area (Å²) in [4.78, 5) is 20.5. The van der Waals surface area contributed by atoms with Crippen molar-refractivity contribution in [3.63, 3.8) is 0 Å². The summed E-state index contributed by atoms with van der Waals surface area (Å²) in [6.45, 7) is 5.50. The largest absolute Gasteiger partial charge is 0.438 e. The molecule has 4 aromatic rings. The van der Waals surface area contributed by atoms with Crippen LogP contribution in [-0.2, 0) is 14.6 Å². The van der Waals surface area contributed by atoms with Crippen LogP contribution in [0.5, 0.6) is 11.6 Å². The first-order valence-electron chi connectivity index (χ1n) is 12.0. The minimum absolute atomic E-state index is 0.0378. The summed E-state index contributed by atoms with van der Waals surface area (Å²) in [6, 6.07) is 21.2. The number of halogens is 1. The van der Waals surface area contributed by atoms with E-state index in [4.69, 9.17) is 21.6 Å². The molecule has 0 radical (unpaired) electrons. The van der Waals surface area contributed by atoms with Crippen molar-refractivity contribution in [2.24, 2.45) is 0 Å². The predicted octanol–water partition coefficient (Wildman–Crippen LogP) is 5.73. The molecule has 0 saturated carbocycles. The Balaban J connectivity index is 1.48. The second kappa shape index (κ2) is 11.6. The average molecular weight is 561 g/mol. The molecule has 1 heterocycles. The Kier molecular flexibility index (Phi) is 8.29. The summed E-state index contributed by atoms with van der Waals surface area (Å²) < 4.78 is 31.8. The molecule has 0 aliphatic rings. The second-order valence-electron chi connectivity index (χ2n) is 9.01. The molecule has 1 aromatic heterocycles. The van der Waals surface area contributed by atoms with Gasteiger partial charge in [0.05, 0.1) is 17.7 Å². The Labute approximate surface area is 232 Å². The number of amides is 1. The van der Waals surface area contributed by atoms with Crippen LogP contribution < -0.4 is 10.1 Å². The molecule has 0 aliphatic heterocycles. The van der Waals surface area contributed by atoms with E-state index in [9.17, 15) is 13.2 Å². The van der Waals surface area contributed by atoms with Gasteiger partial charge in [-0.15, -0.1) is 0 Å². The zero-order valence-corrected chi connectivity index (χ0v) is 23.0. The summed E-state index contributed by atoms with van der Waals surface area (Å²) >= 11 is 5.90. The lowest BCUT2D eigenvalue weighted by atomic mass is 9.99. The summed E-state index contributed by atoms with van der Waals surface area (Å²) in [5.74, 6) is -0.927. The van der Waals surface area contributed by atoms with E-state index in [1.165, 1.54) is 12.3 Å². The van der Waals surface area contributed by atoms with Crippen molar-refractivity contribution in [2.75, 3.05) is 5.75 Å². The minimum Gasteiger partial charge on any atom is -0.438 e. The highest BCUT2D eigenvalue weighted by Gasteiger charge is 2.24. The number of sulfone groups is 1. The van der Waals surface area contributed by atoms with Gasteiger partial charge in [-0.2, -0.15) is 10.2 Å². The lowest BCUT2D eigenvalue weighted by Gasteiger charge is -2.15. The zero-order valence-electron chi connectivity index (χ0n) is 21.5. The lowest BCUT2D eigenvalue weighted by molar-refractivity contribution is -0.119. The fourth-order valence-corrected chi connectivity index (χ4v) is 5.14. The maximum atomic E-state index is 12.9. The molecule has 39 heavy (non-hydrogen) atoms. The third kappa shape index (κ3) is 6.79. The molecular weight excluding hydrogens is 536 g/mol. The first-order chi connectivity index (χ1) is 18.6. The standard InChI is InChI=1S/C29H25ClN4O4S/c1-18-14-24(23-6-4-21(16-31)5-7-23)15-19(2)28(18)38-27-12-13-32-29(34-27)39(36,37)17-26(35)33-20(3)22-8-10-25(30)11-9-22/h4-15,20H,17H2,1-3H3,(H,33,35). The van der Waals surface area contributed by atoms with Crippen molar-refractivity contribution >= 4 is 27.3 Å². The van der Waals surface area contributed by atoms with E-state index in [2.05, 4.69) is 21.4 Å². The number of carbonyl (C=O) groups excluding carboxylic acids is 1. The number of benzene rings is 3. The topological polar surface area (TPSA) is 122 Å². The molecule has 0 bridgehead atoms. The van der Waals surface area contributed by atoms with Crippen LogP contribution in [0.15, 0.2) is 78.1 Å². The molecule has 1 amide bonds. The summed E-state index contributed by atoms with van der Waals surface area (Å²) in [5.41, 5.74) is 4.89. The molecule has 10 heteroatoms. The van der Waals surface area contributed by atoms with Crippen molar-refractivity contribution in [3.8, 4) is 28.8 Å². The number of aromatic nitrogens is 2. The van der Waals surface area contributed by atoms with Gasteiger partial charge in [0.2, 0.25) is 21.6 Å². The van der Waals surface area contributed by atoms with Crippen molar-refractivity contribution < 1.29 is 17.9 Å². The van der Waals surface area contributed by atoms with Gasteiger partial charge in [-0.05, 0) is 85.0 Å². The zero-order chi connectivity index (χ0) is 28.2. The predicted molar refractivity (Wildman–Crippen MR) is 148 cm³/mol. The van der Waals surface area contributed by atoms with Crippen LogP contribution in [0.1, 0.15) is 35.2 Å². The highest BCUT2D eigenvalue weighted by Crippen LogP contribution is 2.33. The average Bonchev–Trinajstić information content (AvgIpc) is 2.91. The van der Waals surface area contributed by atoms with Gasteiger partial charge < -0.3 is 10.1 Å². The third-order valence-electron chi connectivity index (χ3n) is 5.97. The molecule has 3 aromatic carbocycles. The monoisotopic (exact) mass is 560 g/mol. The maximum absolute atomic E-state index is 12.9. The van der Waals surface area contributed by atoms with E-state index in [0.717, 1.165) is 27.8 Å².